The molecule has 0 atom stereocenters. The first-order chi connectivity index (χ1) is 8.78. The molecule has 1 aromatic rings. The Labute approximate surface area is 113 Å². The molecule has 0 heterocycles. The standard InChI is InChI=1S/C14H20ClNO2/c1-17-5-2-6-18-14-8-11(7-12(15)9-14)10-16-13-3-4-13/h7-9,13,16H,2-6,10H2,1H3. The number of rotatable bonds is 8. The average molecular weight is 270 g/mol. The number of benzene rings is 1. The zero-order valence-electron chi connectivity index (χ0n) is 10.7. The van der Waals surface area contributed by atoms with Crippen LogP contribution in [-0.4, -0.2) is 26.4 Å². The van der Waals surface area contributed by atoms with Gasteiger partial charge in [0.25, 0.3) is 0 Å². The van der Waals surface area contributed by atoms with Crippen molar-refractivity contribution in [2.45, 2.75) is 31.8 Å². The van der Waals surface area contributed by atoms with Gasteiger partial charge < -0.3 is 14.8 Å². The van der Waals surface area contributed by atoms with Gasteiger partial charge in [0.05, 0.1) is 6.61 Å². The van der Waals surface area contributed by atoms with Crippen molar-refractivity contribution in [1.82, 2.24) is 5.32 Å². The highest BCUT2D eigenvalue weighted by molar-refractivity contribution is 6.30. The third-order valence-corrected chi connectivity index (χ3v) is 3.08. The second-order valence-electron chi connectivity index (χ2n) is 4.65. The van der Waals surface area contributed by atoms with Crippen LogP contribution in [0.4, 0.5) is 0 Å². The summed E-state index contributed by atoms with van der Waals surface area (Å²) in [6, 6.07) is 6.59. The molecule has 0 aromatic heterocycles. The molecule has 0 unspecified atom stereocenters. The van der Waals surface area contributed by atoms with Crippen molar-refractivity contribution in [3.05, 3.63) is 28.8 Å². The van der Waals surface area contributed by atoms with Gasteiger partial charge >= 0.3 is 0 Å². The van der Waals surface area contributed by atoms with E-state index < -0.39 is 0 Å². The SMILES string of the molecule is COCCCOc1cc(Cl)cc(CNC2CC2)c1. The molecule has 2 rings (SSSR count). The van der Waals surface area contributed by atoms with Crippen molar-refractivity contribution < 1.29 is 9.47 Å². The fraction of sp³-hybridized carbons (Fsp3) is 0.571. The quantitative estimate of drug-likeness (QED) is 0.736. The number of hydrogen-bond donors (Lipinski definition) is 1. The molecule has 1 aromatic carbocycles. The predicted molar refractivity (Wildman–Crippen MR) is 73.3 cm³/mol. The van der Waals surface area contributed by atoms with Crippen LogP contribution in [0.5, 0.6) is 5.75 Å². The molecule has 3 nitrogen and oxygen atoms in total. The van der Waals surface area contributed by atoms with E-state index in [1.54, 1.807) is 7.11 Å². The van der Waals surface area contributed by atoms with E-state index in [0.29, 0.717) is 12.6 Å². The molecule has 0 spiro atoms. The van der Waals surface area contributed by atoms with Crippen LogP contribution in [0.3, 0.4) is 0 Å². The van der Waals surface area contributed by atoms with Gasteiger partial charge in [-0.3, -0.25) is 0 Å². The number of ether oxygens (including phenoxy) is 2. The Kier molecular flexibility index (Phi) is 5.29. The van der Waals surface area contributed by atoms with E-state index in [2.05, 4.69) is 5.32 Å². The van der Waals surface area contributed by atoms with Gasteiger partial charge in [-0.2, -0.15) is 0 Å². The van der Waals surface area contributed by atoms with Gasteiger partial charge in [0.1, 0.15) is 5.75 Å². The number of halogens is 1. The Balaban J connectivity index is 1.84. The van der Waals surface area contributed by atoms with Crippen LogP contribution >= 0.6 is 11.6 Å². The highest BCUT2D eigenvalue weighted by Gasteiger charge is 2.20. The first-order valence-corrected chi connectivity index (χ1v) is 6.80. The van der Waals surface area contributed by atoms with Crippen LogP contribution in [0.1, 0.15) is 24.8 Å². The second kappa shape index (κ2) is 6.98. The highest BCUT2D eigenvalue weighted by atomic mass is 35.5. The minimum absolute atomic E-state index is 0.656. The minimum Gasteiger partial charge on any atom is -0.493 e. The van der Waals surface area contributed by atoms with Crippen molar-refractivity contribution in [1.29, 1.82) is 0 Å². The van der Waals surface area contributed by atoms with E-state index >= 15 is 0 Å². The van der Waals surface area contributed by atoms with E-state index in [1.165, 1.54) is 18.4 Å². The molecular weight excluding hydrogens is 250 g/mol. The molecule has 100 valence electrons. The van der Waals surface area contributed by atoms with Crippen LogP contribution in [0, 0.1) is 0 Å². The summed E-state index contributed by atoms with van der Waals surface area (Å²) in [5.41, 5.74) is 1.18. The average Bonchev–Trinajstić information content (AvgIpc) is 3.16. The van der Waals surface area contributed by atoms with E-state index in [4.69, 9.17) is 21.1 Å². The van der Waals surface area contributed by atoms with Crippen molar-refractivity contribution in [3.8, 4) is 5.75 Å². The minimum atomic E-state index is 0.656. The van der Waals surface area contributed by atoms with Gasteiger partial charge in [0, 0.05) is 37.7 Å². The lowest BCUT2D eigenvalue weighted by Crippen LogP contribution is -2.15. The molecule has 1 aliphatic carbocycles. The molecule has 0 bridgehead atoms. The topological polar surface area (TPSA) is 30.5 Å². The summed E-state index contributed by atoms with van der Waals surface area (Å²) in [6.45, 7) is 2.24. The molecule has 0 amide bonds. The fourth-order valence-corrected chi connectivity index (χ4v) is 2.00. The predicted octanol–water partition coefficient (Wildman–Crippen LogP) is 3.01. The fourth-order valence-electron chi connectivity index (χ4n) is 1.75. The van der Waals surface area contributed by atoms with E-state index in [9.17, 15) is 0 Å². The summed E-state index contributed by atoms with van der Waals surface area (Å²) >= 11 is 6.09. The summed E-state index contributed by atoms with van der Waals surface area (Å²) in [5.74, 6) is 0.839. The summed E-state index contributed by atoms with van der Waals surface area (Å²) in [4.78, 5) is 0. The van der Waals surface area contributed by atoms with E-state index in [-0.39, 0.29) is 0 Å². The number of hydrogen-bond acceptors (Lipinski definition) is 3. The third-order valence-electron chi connectivity index (χ3n) is 2.86. The van der Waals surface area contributed by atoms with Crippen LogP contribution in [0.15, 0.2) is 18.2 Å². The van der Waals surface area contributed by atoms with Gasteiger partial charge in [0.15, 0.2) is 0 Å². The maximum absolute atomic E-state index is 6.09. The first-order valence-electron chi connectivity index (χ1n) is 6.42. The van der Waals surface area contributed by atoms with Crippen LogP contribution in [0.2, 0.25) is 5.02 Å². The van der Waals surface area contributed by atoms with Crippen molar-refractivity contribution >= 4 is 11.6 Å². The Morgan fingerprint density at radius 2 is 2.11 bits per heavy atom. The third kappa shape index (κ3) is 4.84. The Hall–Kier alpha value is -0.770. The van der Waals surface area contributed by atoms with Crippen LogP contribution < -0.4 is 10.1 Å². The summed E-state index contributed by atoms with van der Waals surface area (Å²) < 4.78 is 10.6. The maximum Gasteiger partial charge on any atom is 0.121 e. The Morgan fingerprint density at radius 3 is 2.83 bits per heavy atom. The molecule has 18 heavy (non-hydrogen) atoms. The monoisotopic (exact) mass is 269 g/mol. The lowest BCUT2D eigenvalue weighted by atomic mass is 10.2. The number of nitrogens with one attached hydrogen (secondary N) is 1. The van der Waals surface area contributed by atoms with Crippen LogP contribution in [-0.2, 0) is 11.3 Å². The van der Waals surface area contributed by atoms with Crippen molar-refractivity contribution in [3.63, 3.8) is 0 Å². The zero-order chi connectivity index (χ0) is 12.8. The van der Waals surface area contributed by atoms with Gasteiger partial charge in [-0.25, -0.2) is 0 Å². The molecule has 4 heteroatoms. The molecular formula is C14H20ClNO2. The first kappa shape index (κ1) is 13.7. The summed E-state index contributed by atoms with van der Waals surface area (Å²) in [7, 11) is 1.70. The Morgan fingerprint density at radius 1 is 1.28 bits per heavy atom. The van der Waals surface area contributed by atoms with Crippen LogP contribution in [0.25, 0.3) is 0 Å². The smallest absolute Gasteiger partial charge is 0.121 e. The zero-order valence-corrected chi connectivity index (χ0v) is 11.5. The van der Waals surface area contributed by atoms with Crippen molar-refractivity contribution in [2.75, 3.05) is 20.3 Å². The maximum atomic E-state index is 6.09. The number of methoxy groups -OCH3 is 1. The lowest BCUT2D eigenvalue weighted by Gasteiger charge is -2.09. The summed E-state index contributed by atoms with van der Waals surface area (Å²) in [6.07, 6.45) is 3.47. The molecule has 0 aliphatic heterocycles. The second-order valence-corrected chi connectivity index (χ2v) is 5.08. The molecule has 1 fully saturated rings. The largest absolute Gasteiger partial charge is 0.493 e. The van der Waals surface area contributed by atoms with Gasteiger partial charge in [-0.1, -0.05) is 11.6 Å². The highest BCUT2D eigenvalue weighted by Crippen LogP contribution is 2.23. The van der Waals surface area contributed by atoms with Gasteiger partial charge in [0.2, 0.25) is 0 Å². The molecule has 1 N–H and O–H groups in total. The van der Waals surface area contributed by atoms with Gasteiger partial charge in [-0.05, 0) is 36.6 Å². The molecule has 0 radical (unpaired) electrons. The van der Waals surface area contributed by atoms with E-state index in [0.717, 1.165) is 30.3 Å². The molecule has 1 saturated carbocycles. The van der Waals surface area contributed by atoms with Crippen molar-refractivity contribution in [2.24, 2.45) is 0 Å². The molecule has 1 aliphatic rings. The Bertz CT molecular complexity index is 380. The summed E-state index contributed by atoms with van der Waals surface area (Å²) in [5, 5.41) is 4.20. The van der Waals surface area contributed by atoms with Gasteiger partial charge in [-0.15, -0.1) is 0 Å². The van der Waals surface area contributed by atoms with E-state index in [1.807, 2.05) is 18.2 Å². The lowest BCUT2D eigenvalue weighted by molar-refractivity contribution is 0.172. The molecule has 0 saturated heterocycles. The normalized spacial score (nSPS) is 14.8.